The average Bonchev–Trinajstić information content (AvgIpc) is 2.75. The third-order valence-corrected chi connectivity index (χ3v) is 2.81. The Morgan fingerprint density at radius 3 is 2.88 bits per heavy atom. The number of hydrogen-bond acceptors (Lipinski definition) is 4. The molecule has 17 heavy (non-hydrogen) atoms. The van der Waals surface area contributed by atoms with Gasteiger partial charge in [0.2, 0.25) is 0 Å². The molecule has 1 aromatic heterocycles. The summed E-state index contributed by atoms with van der Waals surface area (Å²) in [4.78, 5) is 11.5. The Morgan fingerprint density at radius 1 is 1.53 bits per heavy atom. The second-order valence-electron chi connectivity index (χ2n) is 3.37. The lowest BCUT2D eigenvalue weighted by atomic mass is 10.1. The Labute approximate surface area is 112 Å². The smallest absolute Gasteiger partial charge is 0.340 e. The monoisotopic (exact) mass is 343 g/mol. The van der Waals surface area contributed by atoms with Gasteiger partial charge in [0, 0.05) is 11.9 Å². The molecule has 0 radical (unpaired) electrons. The van der Waals surface area contributed by atoms with Gasteiger partial charge in [-0.05, 0) is 40.8 Å². The fourth-order valence-electron chi connectivity index (χ4n) is 1.42. The number of methoxy groups -OCH3 is 1. The molecule has 2 rings (SSSR count). The van der Waals surface area contributed by atoms with Crippen LogP contribution < -0.4 is 5.73 Å². The van der Waals surface area contributed by atoms with Gasteiger partial charge in [0.15, 0.2) is 0 Å². The first kappa shape index (κ1) is 11.9. The molecule has 2 N–H and O–H groups in total. The highest BCUT2D eigenvalue weighted by atomic mass is 127. The average molecular weight is 343 g/mol. The first-order valence-corrected chi connectivity index (χ1v) is 5.88. The molecular formula is C11H10IN3O2. The summed E-state index contributed by atoms with van der Waals surface area (Å²) in [5, 5.41) is 4.16. The molecule has 0 spiro atoms. The maximum Gasteiger partial charge on any atom is 0.340 e. The lowest BCUT2D eigenvalue weighted by Gasteiger charge is -2.06. The molecule has 0 unspecified atom stereocenters. The van der Waals surface area contributed by atoms with E-state index in [1.165, 1.54) is 7.11 Å². The number of nitrogens with zero attached hydrogens (tertiary/aromatic N) is 2. The molecule has 5 nitrogen and oxygen atoms in total. The van der Waals surface area contributed by atoms with E-state index in [2.05, 4.69) is 32.4 Å². The van der Waals surface area contributed by atoms with Crippen LogP contribution in [-0.4, -0.2) is 22.9 Å². The Bertz CT molecular complexity index is 566. The Hall–Kier alpha value is -1.57. The van der Waals surface area contributed by atoms with Gasteiger partial charge in [0.25, 0.3) is 0 Å². The second-order valence-corrected chi connectivity index (χ2v) is 4.61. The topological polar surface area (TPSA) is 70.1 Å². The van der Waals surface area contributed by atoms with E-state index in [1.54, 1.807) is 29.1 Å². The first-order chi connectivity index (χ1) is 8.11. The molecule has 0 bridgehead atoms. The van der Waals surface area contributed by atoms with Crippen molar-refractivity contribution in [3.8, 4) is 5.69 Å². The van der Waals surface area contributed by atoms with Crippen LogP contribution >= 0.6 is 22.6 Å². The largest absolute Gasteiger partial charge is 0.465 e. The summed E-state index contributed by atoms with van der Waals surface area (Å²) in [5.74, 6) is -0.453. The number of carbonyl (C=O) groups excluding carboxylic acids is 1. The van der Waals surface area contributed by atoms with Crippen molar-refractivity contribution >= 4 is 34.2 Å². The SMILES string of the molecule is COC(=O)c1cc(-n2cc(I)cn2)ccc1N. The lowest BCUT2D eigenvalue weighted by Crippen LogP contribution is -2.07. The van der Waals surface area contributed by atoms with Gasteiger partial charge >= 0.3 is 5.97 Å². The van der Waals surface area contributed by atoms with Gasteiger partial charge in [-0.1, -0.05) is 0 Å². The van der Waals surface area contributed by atoms with Crippen molar-refractivity contribution in [2.45, 2.75) is 0 Å². The fraction of sp³-hybridized carbons (Fsp3) is 0.0909. The number of hydrogen-bond donors (Lipinski definition) is 1. The third kappa shape index (κ3) is 2.41. The van der Waals surface area contributed by atoms with Crippen LogP contribution in [0.4, 0.5) is 5.69 Å². The van der Waals surface area contributed by atoms with Gasteiger partial charge in [-0.3, -0.25) is 0 Å². The predicted octanol–water partition coefficient (Wildman–Crippen LogP) is 1.85. The van der Waals surface area contributed by atoms with Gasteiger partial charge in [-0.15, -0.1) is 0 Å². The van der Waals surface area contributed by atoms with Crippen molar-refractivity contribution in [2.24, 2.45) is 0 Å². The summed E-state index contributed by atoms with van der Waals surface area (Å²) in [6.07, 6.45) is 3.59. The summed E-state index contributed by atoms with van der Waals surface area (Å²) in [7, 11) is 1.32. The summed E-state index contributed by atoms with van der Waals surface area (Å²) in [6.45, 7) is 0. The van der Waals surface area contributed by atoms with Crippen LogP contribution in [0.1, 0.15) is 10.4 Å². The van der Waals surface area contributed by atoms with E-state index in [9.17, 15) is 4.79 Å². The number of ether oxygens (including phenoxy) is 1. The van der Waals surface area contributed by atoms with Crippen LogP contribution in [-0.2, 0) is 4.74 Å². The Kier molecular flexibility index (Phi) is 3.32. The number of benzene rings is 1. The normalized spacial score (nSPS) is 10.2. The van der Waals surface area contributed by atoms with E-state index in [-0.39, 0.29) is 0 Å². The second kappa shape index (κ2) is 4.74. The highest BCUT2D eigenvalue weighted by Crippen LogP contribution is 2.18. The highest BCUT2D eigenvalue weighted by Gasteiger charge is 2.11. The number of halogens is 1. The number of anilines is 1. The number of carbonyl (C=O) groups is 1. The number of aromatic nitrogens is 2. The van der Waals surface area contributed by atoms with Crippen LogP contribution in [0.5, 0.6) is 0 Å². The summed E-state index contributed by atoms with van der Waals surface area (Å²) >= 11 is 2.16. The molecule has 0 aliphatic carbocycles. The molecule has 0 amide bonds. The van der Waals surface area contributed by atoms with Gasteiger partial charge in [-0.25, -0.2) is 9.48 Å². The highest BCUT2D eigenvalue weighted by molar-refractivity contribution is 14.1. The van der Waals surface area contributed by atoms with Crippen molar-refractivity contribution in [1.29, 1.82) is 0 Å². The van der Waals surface area contributed by atoms with E-state index in [0.717, 1.165) is 9.26 Å². The van der Waals surface area contributed by atoms with Gasteiger partial charge < -0.3 is 10.5 Å². The van der Waals surface area contributed by atoms with Crippen LogP contribution in [0.2, 0.25) is 0 Å². The van der Waals surface area contributed by atoms with Crippen molar-refractivity contribution in [3.63, 3.8) is 0 Å². The van der Waals surface area contributed by atoms with Gasteiger partial charge in [-0.2, -0.15) is 5.10 Å². The molecule has 0 fully saturated rings. The van der Waals surface area contributed by atoms with E-state index < -0.39 is 5.97 Å². The Balaban J connectivity index is 2.47. The van der Waals surface area contributed by atoms with Gasteiger partial charge in [0.05, 0.1) is 28.1 Å². The minimum atomic E-state index is -0.453. The first-order valence-electron chi connectivity index (χ1n) is 4.80. The molecule has 0 saturated carbocycles. The van der Waals surface area contributed by atoms with Gasteiger partial charge in [0.1, 0.15) is 0 Å². The molecule has 0 aliphatic heterocycles. The zero-order valence-corrected chi connectivity index (χ0v) is 11.2. The molecule has 1 heterocycles. The number of rotatable bonds is 2. The minimum Gasteiger partial charge on any atom is -0.465 e. The lowest BCUT2D eigenvalue weighted by molar-refractivity contribution is 0.0602. The number of esters is 1. The molecule has 0 aliphatic rings. The zero-order chi connectivity index (χ0) is 12.4. The number of nitrogen functional groups attached to an aromatic ring is 1. The Morgan fingerprint density at radius 2 is 2.29 bits per heavy atom. The van der Waals surface area contributed by atoms with Crippen molar-refractivity contribution in [3.05, 3.63) is 39.7 Å². The molecule has 0 saturated heterocycles. The van der Waals surface area contributed by atoms with Crippen LogP contribution in [0.25, 0.3) is 5.69 Å². The molecule has 88 valence electrons. The van der Waals surface area contributed by atoms with E-state index in [0.29, 0.717) is 11.3 Å². The quantitative estimate of drug-likeness (QED) is 0.513. The molecule has 0 atom stereocenters. The maximum atomic E-state index is 11.5. The summed E-state index contributed by atoms with van der Waals surface area (Å²) < 4.78 is 7.35. The molecule has 1 aromatic carbocycles. The fourth-order valence-corrected chi connectivity index (χ4v) is 1.80. The van der Waals surface area contributed by atoms with Crippen molar-refractivity contribution < 1.29 is 9.53 Å². The number of nitrogens with two attached hydrogens (primary N) is 1. The molecular weight excluding hydrogens is 333 g/mol. The zero-order valence-electron chi connectivity index (χ0n) is 9.05. The summed E-state index contributed by atoms with van der Waals surface area (Å²) in [5.41, 5.74) is 7.22. The standard InChI is InChI=1S/C11H10IN3O2/c1-17-11(16)9-4-8(2-3-10(9)13)15-6-7(12)5-14-15/h2-6H,13H2,1H3. The maximum absolute atomic E-state index is 11.5. The van der Waals surface area contributed by atoms with E-state index in [4.69, 9.17) is 5.73 Å². The molecule has 2 aromatic rings. The van der Waals surface area contributed by atoms with Crippen LogP contribution in [0, 0.1) is 3.57 Å². The summed E-state index contributed by atoms with van der Waals surface area (Å²) in [6, 6.07) is 5.12. The van der Waals surface area contributed by atoms with Crippen molar-refractivity contribution in [1.82, 2.24) is 9.78 Å². The minimum absolute atomic E-state index is 0.343. The van der Waals surface area contributed by atoms with Crippen LogP contribution in [0.3, 0.4) is 0 Å². The molecule has 6 heteroatoms. The van der Waals surface area contributed by atoms with Crippen LogP contribution in [0.15, 0.2) is 30.6 Å². The van der Waals surface area contributed by atoms with Crippen molar-refractivity contribution in [2.75, 3.05) is 12.8 Å². The predicted molar refractivity (Wildman–Crippen MR) is 72.0 cm³/mol. The third-order valence-electron chi connectivity index (χ3n) is 2.26. The van der Waals surface area contributed by atoms with E-state index in [1.807, 2.05) is 6.20 Å². The van der Waals surface area contributed by atoms with E-state index >= 15 is 0 Å².